The summed E-state index contributed by atoms with van der Waals surface area (Å²) < 4.78 is 2.37. The van der Waals surface area contributed by atoms with E-state index in [1.807, 2.05) is 12.3 Å². The number of hydrogen-bond donors (Lipinski definition) is 0. The van der Waals surface area contributed by atoms with Crippen molar-refractivity contribution < 1.29 is 0 Å². The molecule has 1 saturated heterocycles. The summed E-state index contributed by atoms with van der Waals surface area (Å²) in [6, 6.07) is 10.7. The van der Waals surface area contributed by atoms with Crippen LogP contribution in [0, 0.1) is 0 Å². The lowest BCUT2D eigenvalue weighted by Crippen LogP contribution is -2.33. The zero-order valence-corrected chi connectivity index (χ0v) is 14.4. The van der Waals surface area contributed by atoms with E-state index in [9.17, 15) is 0 Å². The molecule has 5 rings (SSSR count). The summed E-state index contributed by atoms with van der Waals surface area (Å²) in [5.41, 5.74) is 2.47. The van der Waals surface area contributed by atoms with Crippen molar-refractivity contribution in [2.24, 2.45) is 0 Å². The second kappa shape index (κ2) is 6.23. The SMILES string of the molecule is c1cnc2c(CN3CCC(c4nnc5n4CCC5)CC3)cccc2c1. The van der Waals surface area contributed by atoms with Crippen LogP contribution in [0.2, 0.25) is 0 Å². The summed E-state index contributed by atoms with van der Waals surface area (Å²) in [5, 5.41) is 10.1. The van der Waals surface area contributed by atoms with Crippen molar-refractivity contribution in [3.63, 3.8) is 0 Å². The lowest BCUT2D eigenvalue weighted by atomic mass is 9.95. The fourth-order valence-electron chi connectivity index (χ4n) is 4.36. The normalized spacial score (nSPS) is 18.7. The predicted octanol–water partition coefficient (Wildman–Crippen LogP) is 3.15. The van der Waals surface area contributed by atoms with Gasteiger partial charge in [0.15, 0.2) is 0 Å². The van der Waals surface area contributed by atoms with E-state index in [0.717, 1.165) is 38.1 Å². The number of fused-ring (bicyclic) bond motifs is 2. The molecule has 0 aliphatic carbocycles. The summed E-state index contributed by atoms with van der Waals surface area (Å²) in [5.74, 6) is 3.00. The molecule has 0 amide bonds. The molecule has 2 aliphatic rings. The van der Waals surface area contributed by atoms with Crippen LogP contribution in [0.4, 0.5) is 0 Å². The highest BCUT2D eigenvalue weighted by Gasteiger charge is 2.27. The quantitative estimate of drug-likeness (QED) is 0.739. The van der Waals surface area contributed by atoms with Crippen LogP contribution in [0.3, 0.4) is 0 Å². The van der Waals surface area contributed by atoms with Gasteiger partial charge in [-0.05, 0) is 44.0 Å². The van der Waals surface area contributed by atoms with E-state index in [4.69, 9.17) is 0 Å². The van der Waals surface area contributed by atoms with Gasteiger partial charge < -0.3 is 4.57 Å². The first-order valence-corrected chi connectivity index (χ1v) is 9.35. The molecule has 5 nitrogen and oxygen atoms in total. The molecule has 1 aromatic carbocycles. The van der Waals surface area contributed by atoms with Crippen LogP contribution in [0.25, 0.3) is 10.9 Å². The number of aryl methyl sites for hydroxylation is 1. The third-order valence-electron chi connectivity index (χ3n) is 5.70. The van der Waals surface area contributed by atoms with E-state index >= 15 is 0 Å². The van der Waals surface area contributed by atoms with E-state index in [0.29, 0.717) is 5.92 Å². The van der Waals surface area contributed by atoms with Gasteiger partial charge in [0.1, 0.15) is 11.6 Å². The van der Waals surface area contributed by atoms with Gasteiger partial charge in [0, 0.05) is 37.0 Å². The number of pyridine rings is 1. The Bertz CT molecular complexity index is 887. The molecular weight excluding hydrogens is 310 g/mol. The van der Waals surface area contributed by atoms with E-state index in [1.54, 1.807) is 0 Å². The van der Waals surface area contributed by atoms with Crippen molar-refractivity contribution in [3.05, 3.63) is 53.7 Å². The molecule has 0 N–H and O–H groups in total. The second-order valence-electron chi connectivity index (χ2n) is 7.27. The summed E-state index contributed by atoms with van der Waals surface area (Å²) in [4.78, 5) is 7.15. The van der Waals surface area contributed by atoms with Crippen LogP contribution < -0.4 is 0 Å². The van der Waals surface area contributed by atoms with E-state index < -0.39 is 0 Å². The molecular formula is C20H23N5. The first kappa shape index (κ1) is 15.0. The maximum absolute atomic E-state index is 4.59. The van der Waals surface area contributed by atoms with Gasteiger partial charge in [0.25, 0.3) is 0 Å². The lowest BCUT2D eigenvalue weighted by Gasteiger charge is -2.31. The molecule has 0 atom stereocenters. The minimum atomic E-state index is 0.571. The minimum absolute atomic E-state index is 0.571. The molecule has 128 valence electrons. The van der Waals surface area contributed by atoms with Gasteiger partial charge in [0.2, 0.25) is 0 Å². The predicted molar refractivity (Wildman–Crippen MR) is 97.3 cm³/mol. The Kier molecular flexibility index (Phi) is 3.74. The van der Waals surface area contributed by atoms with Gasteiger partial charge in [-0.15, -0.1) is 10.2 Å². The molecule has 0 spiro atoms. The molecule has 5 heteroatoms. The Morgan fingerprint density at radius 1 is 1.00 bits per heavy atom. The highest BCUT2D eigenvalue weighted by atomic mass is 15.3. The molecule has 4 heterocycles. The van der Waals surface area contributed by atoms with Gasteiger partial charge in [0.05, 0.1) is 5.52 Å². The summed E-state index contributed by atoms with van der Waals surface area (Å²) in [7, 11) is 0. The van der Waals surface area contributed by atoms with Crippen LogP contribution in [0.15, 0.2) is 36.5 Å². The summed E-state index contributed by atoms with van der Waals surface area (Å²) in [6.07, 6.45) is 6.57. The van der Waals surface area contributed by atoms with Crippen LogP contribution >= 0.6 is 0 Å². The third-order valence-corrected chi connectivity index (χ3v) is 5.70. The van der Waals surface area contributed by atoms with Gasteiger partial charge in [-0.2, -0.15) is 0 Å². The number of piperidine rings is 1. The summed E-state index contributed by atoms with van der Waals surface area (Å²) >= 11 is 0. The summed E-state index contributed by atoms with van der Waals surface area (Å²) in [6.45, 7) is 4.34. The number of benzene rings is 1. The van der Waals surface area contributed by atoms with Crippen LogP contribution in [0.5, 0.6) is 0 Å². The first-order chi connectivity index (χ1) is 12.4. The number of likely N-dealkylation sites (tertiary alicyclic amines) is 1. The zero-order chi connectivity index (χ0) is 16.6. The largest absolute Gasteiger partial charge is 0.315 e. The number of aromatic nitrogens is 4. The van der Waals surface area contributed by atoms with Crippen LogP contribution in [-0.2, 0) is 19.5 Å². The number of rotatable bonds is 3. The standard InChI is InChI=1S/C20H23N5/c1-4-15-6-2-10-21-19(15)17(5-1)14-24-12-8-16(9-13-24)20-23-22-18-7-3-11-25(18)20/h1-2,4-6,10,16H,3,7-9,11-14H2. The second-order valence-corrected chi connectivity index (χ2v) is 7.27. The van der Waals surface area contributed by atoms with Crippen LogP contribution in [0.1, 0.15) is 42.4 Å². The fourth-order valence-corrected chi connectivity index (χ4v) is 4.36. The lowest BCUT2D eigenvalue weighted by molar-refractivity contribution is 0.200. The zero-order valence-electron chi connectivity index (χ0n) is 14.4. The minimum Gasteiger partial charge on any atom is -0.315 e. The van der Waals surface area contributed by atoms with Crippen LogP contribution in [-0.4, -0.2) is 37.7 Å². The molecule has 0 bridgehead atoms. The first-order valence-electron chi connectivity index (χ1n) is 9.35. The molecule has 0 saturated carbocycles. The van der Waals surface area contributed by atoms with Gasteiger partial charge in [-0.25, -0.2) is 0 Å². The molecule has 0 unspecified atom stereocenters. The van der Waals surface area contributed by atoms with Gasteiger partial charge >= 0.3 is 0 Å². The Morgan fingerprint density at radius 2 is 1.88 bits per heavy atom. The molecule has 25 heavy (non-hydrogen) atoms. The van der Waals surface area contributed by atoms with Crippen molar-refractivity contribution in [1.29, 1.82) is 0 Å². The van der Waals surface area contributed by atoms with Crippen molar-refractivity contribution in [1.82, 2.24) is 24.6 Å². The number of hydrogen-bond acceptors (Lipinski definition) is 4. The molecule has 3 aromatic rings. The third kappa shape index (κ3) is 2.72. The average molecular weight is 333 g/mol. The van der Waals surface area contributed by atoms with E-state index in [1.165, 1.54) is 41.9 Å². The Balaban J connectivity index is 1.29. The van der Waals surface area contributed by atoms with Crippen molar-refractivity contribution >= 4 is 10.9 Å². The average Bonchev–Trinajstić information content (AvgIpc) is 3.27. The van der Waals surface area contributed by atoms with Gasteiger partial charge in [-0.3, -0.25) is 9.88 Å². The maximum atomic E-state index is 4.59. The van der Waals surface area contributed by atoms with Crippen molar-refractivity contribution in [3.8, 4) is 0 Å². The fraction of sp³-hybridized carbons (Fsp3) is 0.450. The monoisotopic (exact) mass is 333 g/mol. The molecule has 2 aromatic heterocycles. The molecule has 0 radical (unpaired) electrons. The maximum Gasteiger partial charge on any atom is 0.136 e. The number of para-hydroxylation sites is 1. The van der Waals surface area contributed by atoms with E-state index in [2.05, 4.69) is 48.9 Å². The van der Waals surface area contributed by atoms with Crippen molar-refractivity contribution in [2.75, 3.05) is 13.1 Å². The Hall–Kier alpha value is -2.27. The molecule has 1 fully saturated rings. The Morgan fingerprint density at radius 3 is 2.80 bits per heavy atom. The molecule has 2 aliphatic heterocycles. The van der Waals surface area contributed by atoms with Gasteiger partial charge in [-0.1, -0.05) is 24.3 Å². The van der Waals surface area contributed by atoms with E-state index in [-0.39, 0.29) is 0 Å². The highest BCUT2D eigenvalue weighted by molar-refractivity contribution is 5.81. The smallest absolute Gasteiger partial charge is 0.136 e. The number of nitrogens with zero attached hydrogens (tertiary/aromatic N) is 5. The topological polar surface area (TPSA) is 46.8 Å². The van der Waals surface area contributed by atoms with Crippen molar-refractivity contribution in [2.45, 2.75) is 44.7 Å². The highest BCUT2D eigenvalue weighted by Crippen LogP contribution is 2.30. The Labute approximate surface area is 147 Å².